The highest BCUT2D eigenvalue weighted by Gasteiger charge is 2.23. The summed E-state index contributed by atoms with van der Waals surface area (Å²) < 4.78 is 13.9. The minimum Gasteiger partial charge on any atom is -0.351 e. The molecule has 3 heteroatoms. The zero-order valence-corrected chi connectivity index (χ0v) is 9.86. The van der Waals surface area contributed by atoms with Crippen LogP contribution in [0.4, 0.5) is 4.39 Å². The van der Waals surface area contributed by atoms with Crippen molar-refractivity contribution in [3.05, 3.63) is 35.9 Å². The normalized spacial score (nSPS) is 18.6. The number of carbonyl (C=O) groups excluding carboxylic acids is 1. The second-order valence-corrected chi connectivity index (χ2v) is 4.62. The van der Waals surface area contributed by atoms with E-state index < -0.39 is 12.1 Å². The third-order valence-electron chi connectivity index (χ3n) is 3.27. The maximum atomic E-state index is 13.9. The quantitative estimate of drug-likeness (QED) is 0.856. The molecule has 0 bridgehead atoms. The molecule has 1 aliphatic carbocycles. The van der Waals surface area contributed by atoms with Crippen molar-refractivity contribution in [2.45, 2.75) is 44.3 Å². The van der Waals surface area contributed by atoms with Crippen LogP contribution in [-0.4, -0.2) is 11.9 Å². The fourth-order valence-electron chi connectivity index (χ4n) is 2.29. The van der Waals surface area contributed by atoms with E-state index in [-0.39, 0.29) is 6.04 Å². The fourth-order valence-corrected chi connectivity index (χ4v) is 2.29. The van der Waals surface area contributed by atoms with E-state index >= 15 is 0 Å². The molecule has 1 aromatic rings. The number of amides is 1. The Labute approximate surface area is 101 Å². The molecule has 0 radical (unpaired) electrons. The van der Waals surface area contributed by atoms with Gasteiger partial charge in [-0.3, -0.25) is 4.79 Å². The molecule has 1 fully saturated rings. The summed E-state index contributed by atoms with van der Waals surface area (Å²) in [6.45, 7) is 0. The molecule has 1 amide bonds. The predicted molar refractivity (Wildman–Crippen MR) is 65.3 cm³/mol. The van der Waals surface area contributed by atoms with E-state index in [1.165, 1.54) is 6.42 Å². The zero-order chi connectivity index (χ0) is 12.1. The van der Waals surface area contributed by atoms with Crippen molar-refractivity contribution in [1.82, 2.24) is 5.32 Å². The molecule has 0 aromatic heterocycles. The number of alkyl halides is 1. The lowest BCUT2D eigenvalue weighted by Crippen LogP contribution is -2.38. The van der Waals surface area contributed by atoms with E-state index in [1.807, 2.05) is 6.07 Å². The second-order valence-electron chi connectivity index (χ2n) is 4.62. The smallest absolute Gasteiger partial charge is 0.259 e. The summed E-state index contributed by atoms with van der Waals surface area (Å²) in [6, 6.07) is 8.76. The molecule has 17 heavy (non-hydrogen) atoms. The Bertz CT molecular complexity index is 360. The van der Waals surface area contributed by atoms with Crippen LogP contribution in [0, 0.1) is 0 Å². The largest absolute Gasteiger partial charge is 0.351 e. The summed E-state index contributed by atoms with van der Waals surface area (Å²) in [4.78, 5) is 11.7. The van der Waals surface area contributed by atoms with Crippen LogP contribution in [0.25, 0.3) is 0 Å². The predicted octanol–water partition coefficient (Wildman–Crippen LogP) is 3.15. The van der Waals surface area contributed by atoms with Gasteiger partial charge in [-0.25, -0.2) is 4.39 Å². The molecular weight excluding hydrogens is 217 g/mol. The van der Waals surface area contributed by atoms with Crippen molar-refractivity contribution in [2.24, 2.45) is 0 Å². The molecule has 0 spiro atoms. The number of benzene rings is 1. The maximum Gasteiger partial charge on any atom is 0.259 e. The molecule has 0 saturated heterocycles. The molecule has 2 rings (SSSR count). The molecule has 1 aromatic carbocycles. The highest BCUT2D eigenvalue weighted by atomic mass is 19.1. The number of carbonyl (C=O) groups is 1. The molecule has 1 unspecified atom stereocenters. The van der Waals surface area contributed by atoms with Gasteiger partial charge >= 0.3 is 0 Å². The standard InChI is InChI=1S/C14H18FNO/c15-13(11-7-3-1-4-8-11)14(17)16-12-9-5-2-6-10-12/h1,3-4,7-8,12-13H,2,5-6,9-10H2,(H,16,17). The first kappa shape index (κ1) is 12.1. The van der Waals surface area contributed by atoms with Gasteiger partial charge in [-0.05, 0) is 18.4 Å². The van der Waals surface area contributed by atoms with Crippen LogP contribution < -0.4 is 5.32 Å². The highest BCUT2D eigenvalue weighted by Crippen LogP contribution is 2.21. The molecule has 92 valence electrons. The molecule has 0 aliphatic heterocycles. The van der Waals surface area contributed by atoms with E-state index in [0.29, 0.717) is 5.56 Å². The summed E-state index contributed by atoms with van der Waals surface area (Å²) in [5.74, 6) is -0.497. The number of hydrogen-bond donors (Lipinski definition) is 1. The van der Waals surface area contributed by atoms with Crippen LogP contribution in [0.3, 0.4) is 0 Å². The molecule has 1 atom stereocenters. The number of rotatable bonds is 3. The van der Waals surface area contributed by atoms with E-state index in [2.05, 4.69) is 5.32 Å². The first-order valence-electron chi connectivity index (χ1n) is 6.27. The van der Waals surface area contributed by atoms with Crippen LogP contribution in [0.5, 0.6) is 0 Å². The highest BCUT2D eigenvalue weighted by molar-refractivity contribution is 5.82. The van der Waals surface area contributed by atoms with Gasteiger partial charge in [-0.1, -0.05) is 49.6 Å². The van der Waals surface area contributed by atoms with Crippen molar-refractivity contribution in [3.8, 4) is 0 Å². The maximum absolute atomic E-state index is 13.9. The lowest BCUT2D eigenvalue weighted by atomic mass is 9.95. The number of nitrogens with one attached hydrogen (secondary N) is 1. The third kappa shape index (κ3) is 3.29. The lowest BCUT2D eigenvalue weighted by molar-refractivity contribution is -0.127. The Morgan fingerprint density at radius 3 is 2.47 bits per heavy atom. The summed E-state index contributed by atoms with van der Waals surface area (Å²) in [5.41, 5.74) is 0.431. The van der Waals surface area contributed by atoms with E-state index in [1.54, 1.807) is 24.3 Å². The first-order valence-corrected chi connectivity index (χ1v) is 6.27. The Kier molecular flexibility index (Phi) is 4.13. The zero-order valence-electron chi connectivity index (χ0n) is 9.86. The van der Waals surface area contributed by atoms with Gasteiger partial charge < -0.3 is 5.32 Å². The van der Waals surface area contributed by atoms with Gasteiger partial charge in [0.05, 0.1) is 0 Å². The topological polar surface area (TPSA) is 29.1 Å². The van der Waals surface area contributed by atoms with E-state index in [4.69, 9.17) is 0 Å². The van der Waals surface area contributed by atoms with Gasteiger partial charge in [0.25, 0.3) is 5.91 Å². The minimum atomic E-state index is -1.54. The summed E-state index contributed by atoms with van der Waals surface area (Å²) in [5, 5.41) is 2.80. The van der Waals surface area contributed by atoms with Crippen molar-refractivity contribution in [3.63, 3.8) is 0 Å². The summed E-state index contributed by atoms with van der Waals surface area (Å²) in [7, 11) is 0. The monoisotopic (exact) mass is 235 g/mol. The van der Waals surface area contributed by atoms with Gasteiger partial charge in [-0.15, -0.1) is 0 Å². The van der Waals surface area contributed by atoms with Crippen LogP contribution in [0.15, 0.2) is 30.3 Å². The minimum absolute atomic E-state index is 0.165. The SMILES string of the molecule is O=C(NC1CCCCC1)C(F)c1ccccc1. The molecule has 1 saturated carbocycles. The Balaban J connectivity index is 1.91. The molecule has 0 heterocycles. The third-order valence-corrected chi connectivity index (χ3v) is 3.27. The van der Waals surface area contributed by atoms with Gasteiger partial charge in [0.15, 0.2) is 0 Å². The van der Waals surface area contributed by atoms with Gasteiger partial charge in [0.1, 0.15) is 0 Å². The molecule has 1 N–H and O–H groups in total. The van der Waals surface area contributed by atoms with Crippen LogP contribution >= 0.6 is 0 Å². The number of hydrogen-bond acceptors (Lipinski definition) is 1. The average Bonchev–Trinajstić information content (AvgIpc) is 2.40. The first-order chi connectivity index (χ1) is 8.27. The van der Waals surface area contributed by atoms with Gasteiger partial charge in [-0.2, -0.15) is 0 Å². The average molecular weight is 235 g/mol. The Morgan fingerprint density at radius 1 is 1.18 bits per heavy atom. The molecule has 1 aliphatic rings. The van der Waals surface area contributed by atoms with Crippen molar-refractivity contribution < 1.29 is 9.18 Å². The fraction of sp³-hybridized carbons (Fsp3) is 0.500. The lowest BCUT2D eigenvalue weighted by Gasteiger charge is -2.23. The van der Waals surface area contributed by atoms with Crippen LogP contribution in [-0.2, 0) is 4.79 Å². The summed E-state index contributed by atoms with van der Waals surface area (Å²) >= 11 is 0. The van der Waals surface area contributed by atoms with E-state index in [0.717, 1.165) is 25.7 Å². The Hall–Kier alpha value is -1.38. The second kappa shape index (κ2) is 5.80. The molecular formula is C14H18FNO. The van der Waals surface area contributed by atoms with Crippen LogP contribution in [0.2, 0.25) is 0 Å². The number of halogens is 1. The summed E-state index contributed by atoms with van der Waals surface area (Å²) in [6.07, 6.45) is 3.91. The van der Waals surface area contributed by atoms with Crippen molar-refractivity contribution in [1.29, 1.82) is 0 Å². The van der Waals surface area contributed by atoms with Gasteiger partial charge in [0.2, 0.25) is 6.17 Å². The van der Waals surface area contributed by atoms with Crippen molar-refractivity contribution >= 4 is 5.91 Å². The van der Waals surface area contributed by atoms with Crippen molar-refractivity contribution in [2.75, 3.05) is 0 Å². The molecule has 2 nitrogen and oxygen atoms in total. The van der Waals surface area contributed by atoms with E-state index in [9.17, 15) is 9.18 Å². The Morgan fingerprint density at radius 2 is 1.82 bits per heavy atom. The van der Waals surface area contributed by atoms with Crippen LogP contribution in [0.1, 0.15) is 43.8 Å². The van der Waals surface area contributed by atoms with Gasteiger partial charge in [0, 0.05) is 6.04 Å².